The van der Waals surface area contributed by atoms with E-state index in [4.69, 9.17) is 18.9 Å². The molecular weight excluding hydrogens is 646 g/mol. The van der Waals surface area contributed by atoms with Gasteiger partial charge in [-0.2, -0.15) is 4.31 Å². The highest BCUT2D eigenvalue weighted by Gasteiger charge is 2.31. The zero-order valence-corrected chi connectivity index (χ0v) is 28.4. The minimum atomic E-state index is -3.68. The van der Waals surface area contributed by atoms with Crippen LogP contribution in [0.1, 0.15) is 16.7 Å². The van der Waals surface area contributed by atoms with Gasteiger partial charge in [0.2, 0.25) is 15.9 Å². The second kappa shape index (κ2) is 17.0. The molecule has 1 fully saturated rings. The molecule has 49 heavy (non-hydrogen) atoms. The number of nitrogens with one attached hydrogen (secondary N) is 1. The Bertz CT molecular complexity index is 1780. The number of amides is 2. The van der Waals surface area contributed by atoms with Crippen molar-refractivity contribution < 1.29 is 37.0 Å². The minimum Gasteiger partial charge on any atom is -0.497 e. The summed E-state index contributed by atoms with van der Waals surface area (Å²) < 4.78 is 49.4. The molecule has 0 saturated carbocycles. The molecule has 0 aromatic heterocycles. The number of sulfonamides is 1. The van der Waals surface area contributed by atoms with Crippen molar-refractivity contribution in [1.82, 2.24) is 14.5 Å². The van der Waals surface area contributed by atoms with Crippen LogP contribution in [0.15, 0.2) is 108 Å². The summed E-state index contributed by atoms with van der Waals surface area (Å²) in [7, 11) is -0.530. The Morgan fingerprint density at radius 1 is 0.816 bits per heavy atom. The number of hydrogen-bond donors (Lipinski definition) is 1. The quantitative estimate of drug-likeness (QED) is 0.199. The van der Waals surface area contributed by atoms with E-state index in [0.29, 0.717) is 30.5 Å². The summed E-state index contributed by atoms with van der Waals surface area (Å²) in [6.07, 6.45) is 0.259. The van der Waals surface area contributed by atoms with Crippen molar-refractivity contribution in [2.45, 2.75) is 30.4 Å². The molecule has 1 aliphatic rings. The number of hydrogen-bond acceptors (Lipinski definition) is 8. The van der Waals surface area contributed by atoms with Gasteiger partial charge >= 0.3 is 0 Å². The molecule has 1 heterocycles. The highest BCUT2D eigenvalue weighted by atomic mass is 32.2. The van der Waals surface area contributed by atoms with Crippen LogP contribution in [0.3, 0.4) is 0 Å². The van der Waals surface area contributed by atoms with Gasteiger partial charge in [-0.05, 0) is 53.6 Å². The van der Waals surface area contributed by atoms with Gasteiger partial charge in [0.25, 0.3) is 5.91 Å². The molecule has 0 radical (unpaired) electrons. The van der Waals surface area contributed by atoms with Gasteiger partial charge in [-0.3, -0.25) is 9.59 Å². The van der Waals surface area contributed by atoms with Crippen LogP contribution in [-0.2, 0) is 43.9 Å². The molecule has 0 aliphatic carbocycles. The Labute approximate surface area is 287 Å². The van der Waals surface area contributed by atoms with Gasteiger partial charge < -0.3 is 29.2 Å². The van der Waals surface area contributed by atoms with Crippen LogP contribution < -0.4 is 19.5 Å². The molecule has 1 unspecified atom stereocenters. The van der Waals surface area contributed by atoms with E-state index in [1.807, 2.05) is 66.7 Å². The number of carbonyl (C=O) groups is 2. The predicted octanol–water partition coefficient (Wildman–Crippen LogP) is 4.06. The second-order valence-corrected chi connectivity index (χ2v) is 13.3. The summed E-state index contributed by atoms with van der Waals surface area (Å²) in [5.41, 5.74) is 2.47. The molecule has 258 valence electrons. The lowest BCUT2D eigenvalue weighted by Crippen LogP contribution is -2.51. The van der Waals surface area contributed by atoms with Crippen molar-refractivity contribution in [1.29, 1.82) is 0 Å². The zero-order valence-electron chi connectivity index (χ0n) is 27.6. The van der Waals surface area contributed by atoms with Crippen LogP contribution in [0, 0.1) is 0 Å². The molecule has 11 nitrogen and oxygen atoms in total. The van der Waals surface area contributed by atoms with E-state index in [9.17, 15) is 18.0 Å². The first kappa shape index (κ1) is 35.4. The number of para-hydroxylation sites is 1. The lowest BCUT2D eigenvalue weighted by molar-refractivity contribution is -0.142. The third-order valence-electron chi connectivity index (χ3n) is 8.22. The minimum absolute atomic E-state index is 0.127. The number of ether oxygens (including phenoxy) is 4. The average Bonchev–Trinajstić information content (AvgIpc) is 3.15. The first-order valence-electron chi connectivity index (χ1n) is 15.9. The number of carbonyl (C=O) groups excluding carboxylic acids is 2. The van der Waals surface area contributed by atoms with E-state index >= 15 is 0 Å². The van der Waals surface area contributed by atoms with E-state index < -0.39 is 22.0 Å². The van der Waals surface area contributed by atoms with Gasteiger partial charge in [0.05, 0.1) is 32.3 Å². The fraction of sp³-hybridized carbons (Fsp3) is 0.297. The number of benzene rings is 4. The fourth-order valence-electron chi connectivity index (χ4n) is 5.50. The lowest BCUT2D eigenvalue weighted by Gasteiger charge is -2.31. The molecule has 12 heteroatoms. The standard InChI is InChI=1S/C37H41N3O8S/c1-45-31-14-12-29(13-15-31)26-40(36(41)27-48-32-16-18-33(19-17-32)49(43,44)39-20-22-47-23-21-39)34(24-28-8-4-3-5-9-28)37(42)38-25-30-10-6-7-11-35(30)46-2/h3-19,34H,20-27H2,1-2H3,(H,38,42). The van der Waals surface area contributed by atoms with E-state index in [1.165, 1.54) is 33.5 Å². The monoisotopic (exact) mass is 687 g/mol. The van der Waals surface area contributed by atoms with E-state index in [-0.39, 0.29) is 50.0 Å². The maximum absolute atomic E-state index is 14.0. The van der Waals surface area contributed by atoms with Gasteiger partial charge in [0.1, 0.15) is 23.3 Å². The van der Waals surface area contributed by atoms with Gasteiger partial charge in [-0.15, -0.1) is 0 Å². The third kappa shape index (κ3) is 9.38. The second-order valence-electron chi connectivity index (χ2n) is 11.4. The van der Waals surface area contributed by atoms with Gasteiger partial charge in [-0.25, -0.2) is 8.42 Å². The number of nitrogens with zero attached hydrogens (tertiary/aromatic N) is 2. The molecule has 4 aromatic carbocycles. The molecule has 0 spiro atoms. The summed E-state index contributed by atoms with van der Waals surface area (Å²) in [5, 5.41) is 3.01. The Morgan fingerprint density at radius 3 is 2.14 bits per heavy atom. The fourth-order valence-corrected chi connectivity index (χ4v) is 6.91. The molecule has 0 bridgehead atoms. The van der Waals surface area contributed by atoms with Crippen molar-refractivity contribution in [3.05, 3.63) is 120 Å². The Kier molecular flexibility index (Phi) is 12.3. The summed E-state index contributed by atoms with van der Waals surface area (Å²) in [6, 6.07) is 29.3. The molecule has 1 atom stereocenters. The predicted molar refractivity (Wildman–Crippen MR) is 184 cm³/mol. The van der Waals surface area contributed by atoms with E-state index in [2.05, 4.69) is 5.32 Å². The highest BCUT2D eigenvalue weighted by Crippen LogP contribution is 2.23. The van der Waals surface area contributed by atoms with Gasteiger partial charge in [-0.1, -0.05) is 60.7 Å². The maximum Gasteiger partial charge on any atom is 0.261 e. The van der Waals surface area contributed by atoms with E-state index in [1.54, 1.807) is 26.4 Å². The van der Waals surface area contributed by atoms with Crippen molar-refractivity contribution in [2.75, 3.05) is 47.1 Å². The molecule has 1 aliphatic heterocycles. The molecule has 2 amide bonds. The van der Waals surface area contributed by atoms with Crippen molar-refractivity contribution in [3.63, 3.8) is 0 Å². The van der Waals surface area contributed by atoms with Crippen LogP contribution >= 0.6 is 0 Å². The topological polar surface area (TPSA) is 124 Å². The normalized spacial score (nSPS) is 14.0. The van der Waals surface area contributed by atoms with Crippen LogP contribution in [-0.4, -0.2) is 82.6 Å². The number of methoxy groups -OCH3 is 2. The van der Waals surface area contributed by atoms with Crippen LogP contribution in [0.5, 0.6) is 17.2 Å². The smallest absolute Gasteiger partial charge is 0.261 e. The first-order chi connectivity index (χ1) is 23.8. The maximum atomic E-state index is 14.0. The van der Waals surface area contributed by atoms with Crippen molar-refractivity contribution in [2.24, 2.45) is 0 Å². The summed E-state index contributed by atoms with van der Waals surface area (Å²) in [5.74, 6) is 0.868. The van der Waals surface area contributed by atoms with Crippen molar-refractivity contribution in [3.8, 4) is 17.2 Å². The van der Waals surface area contributed by atoms with Crippen molar-refractivity contribution >= 4 is 21.8 Å². The molecule has 4 aromatic rings. The molecule has 1 N–H and O–H groups in total. The van der Waals surface area contributed by atoms with Gasteiger partial charge in [0.15, 0.2) is 6.61 Å². The SMILES string of the molecule is COc1ccc(CN(C(=O)COc2ccc(S(=O)(=O)N3CCOCC3)cc2)C(Cc2ccccc2)C(=O)NCc2ccccc2OC)cc1. The Morgan fingerprint density at radius 2 is 1.47 bits per heavy atom. The summed E-state index contributed by atoms with van der Waals surface area (Å²) in [6.45, 7) is 1.22. The molecule has 1 saturated heterocycles. The van der Waals surface area contributed by atoms with E-state index in [0.717, 1.165) is 16.7 Å². The largest absolute Gasteiger partial charge is 0.497 e. The number of rotatable bonds is 15. The van der Waals surface area contributed by atoms with Gasteiger partial charge in [0, 0.05) is 38.2 Å². The molecular formula is C37H41N3O8S. The summed E-state index contributed by atoms with van der Waals surface area (Å²) in [4.78, 5) is 29.7. The lowest BCUT2D eigenvalue weighted by atomic mass is 10.0. The number of morpholine rings is 1. The first-order valence-corrected chi connectivity index (χ1v) is 17.4. The summed E-state index contributed by atoms with van der Waals surface area (Å²) >= 11 is 0. The average molecular weight is 688 g/mol. The Balaban J connectivity index is 1.38. The Hall–Kier alpha value is -4.91. The third-order valence-corrected chi connectivity index (χ3v) is 10.1. The zero-order chi connectivity index (χ0) is 34.6. The van der Waals surface area contributed by atoms with Crippen LogP contribution in [0.4, 0.5) is 0 Å². The van der Waals surface area contributed by atoms with Crippen LogP contribution in [0.25, 0.3) is 0 Å². The highest BCUT2D eigenvalue weighted by molar-refractivity contribution is 7.89. The van der Waals surface area contributed by atoms with Crippen LogP contribution in [0.2, 0.25) is 0 Å². The molecule has 5 rings (SSSR count).